The van der Waals surface area contributed by atoms with Gasteiger partial charge in [-0.15, -0.1) is 0 Å². The van der Waals surface area contributed by atoms with E-state index in [4.69, 9.17) is 28.5 Å². The van der Waals surface area contributed by atoms with Crippen LogP contribution in [0.4, 0.5) is 0 Å². The number of hydrogen-bond donors (Lipinski definition) is 0. The molecule has 2 rings (SSSR count). The molecule has 0 amide bonds. The van der Waals surface area contributed by atoms with E-state index in [1.165, 1.54) is 0 Å². The van der Waals surface area contributed by atoms with Crippen LogP contribution in [-0.4, -0.2) is 9.78 Å². The first kappa shape index (κ1) is 12.0. The van der Waals surface area contributed by atoms with Crippen LogP contribution in [0.1, 0.15) is 11.4 Å². The van der Waals surface area contributed by atoms with Gasteiger partial charge < -0.3 is 0 Å². The molecule has 3 nitrogen and oxygen atoms in total. The van der Waals surface area contributed by atoms with Crippen LogP contribution in [0.3, 0.4) is 0 Å². The summed E-state index contributed by atoms with van der Waals surface area (Å²) in [6, 6.07) is 9.31. The third-order valence-electron chi connectivity index (χ3n) is 2.36. The Morgan fingerprint density at radius 3 is 2.88 bits per heavy atom. The summed E-state index contributed by atoms with van der Waals surface area (Å²) in [5, 5.41) is 13.9. The van der Waals surface area contributed by atoms with Crippen molar-refractivity contribution in [2.45, 2.75) is 13.3 Å². The molecule has 1 heterocycles. The van der Waals surface area contributed by atoms with Crippen molar-refractivity contribution >= 4 is 23.2 Å². The SMILES string of the molecule is Cc1cc(CC#N)nn1-c1cccc(Cl)c1Cl. The van der Waals surface area contributed by atoms with Crippen molar-refractivity contribution in [1.29, 1.82) is 5.26 Å². The molecular weight excluding hydrogens is 257 g/mol. The molecule has 0 aliphatic rings. The Morgan fingerprint density at radius 2 is 2.18 bits per heavy atom. The predicted octanol–water partition coefficient (Wildman–Crippen LogP) is 3.55. The molecule has 0 spiro atoms. The highest BCUT2D eigenvalue weighted by Gasteiger charge is 2.11. The average Bonchev–Trinajstić information content (AvgIpc) is 2.64. The number of aromatic nitrogens is 2. The largest absolute Gasteiger partial charge is 0.236 e. The topological polar surface area (TPSA) is 41.6 Å². The molecule has 2 aromatic rings. The zero-order chi connectivity index (χ0) is 12.4. The molecule has 0 saturated carbocycles. The van der Waals surface area contributed by atoms with E-state index >= 15 is 0 Å². The zero-order valence-corrected chi connectivity index (χ0v) is 10.6. The molecule has 0 radical (unpaired) electrons. The molecule has 1 aromatic carbocycles. The molecule has 0 aliphatic heterocycles. The van der Waals surface area contributed by atoms with Gasteiger partial charge in [0.2, 0.25) is 0 Å². The normalized spacial score (nSPS) is 10.2. The summed E-state index contributed by atoms with van der Waals surface area (Å²) in [7, 11) is 0. The molecule has 0 bridgehead atoms. The van der Waals surface area contributed by atoms with Gasteiger partial charge in [0, 0.05) is 5.69 Å². The molecular formula is C12H9Cl2N3. The quantitative estimate of drug-likeness (QED) is 0.834. The van der Waals surface area contributed by atoms with Crippen LogP contribution in [0.5, 0.6) is 0 Å². The zero-order valence-electron chi connectivity index (χ0n) is 9.11. The Morgan fingerprint density at radius 1 is 1.41 bits per heavy atom. The van der Waals surface area contributed by atoms with Gasteiger partial charge in [0.15, 0.2) is 0 Å². The van der Waals surface area contributed by atoms with Crippen LogP contribution >= 0.6 is 23.2 Å². The molecule has 0 fully saturated rings. The molecule has 0 unspecified atom stereocenters. The second kappa shape index (κ2) is 4.79. The highest BCUT2D eigenvalue weighted by Crippen LogP contribution is 2.28. The fourth-order valence-corrected chi connectivity index (χ4v) is 1.98. The van der Waals surface area contributed by atoms with Crippen molar-refractivity contribution in [3.8, 4) is 11.8 Å². The summed E-state index contributed by atoms with van der Waals surface area (Å²) in [4.78, 5) is 0. The molecule has 0 aliphatic carbocycles. The number of aryl methyl sites for hydroxylation is 1. The number of hydrogen-bond acceptors (Lipinski definition) is 2. The maximum Gasteiger partial charge on any atom is 0.0850 e. The number of benzene rings is 1. The van der Waals surface area contributed by atoms with Gasteiger partial charge in [-0.1, -0.05) is 29.3 Å². The summed E-state index contributed by atoms with van der Waals surface area (Å²) < 4.78 is 1.70. The van der Waals surface area contributed by atoms with E-state index in [1.807, 2.05) is 25.1 Å². The van der Waals surface area contributed by atoms with E-state index in [2.05, 4.69) is 11.2 Å². The minimum absolute atomic E-state index is 0.284. The fourth-order valence-electron chi connectivity index (χ4n) is 1.61. The van der Waals surface area contributed by atoms with Crippen molar-refractivity contribution in [1.82, 2.24) is 9.78 Å². The minimum Gasteiger partial charge on any atom is -0.236 e. The summed E-state index contributed by atoms with van der Waals surface area (Å²) >= 11 is 12.1. The molecule has 86 valence electrons. The number of nitrogens with zero attached hydrogens (tertiary/aromatic N) is 3. The molecule has 17 heavy (non-hydrogen) atoms. The van der Waals surface area contributed by atoms with E-state index in [1.54, 1.807) is 10.7 Å². The third-order valence-corrected chi connectivity index (χ3v) is 3.17. The Bertz CT molecular complexity index is 596. The monoisotopic (exact) mass is 265 g/mol. The second-order valence-electron chi connectivity index (χ2n) is 3.60. The first-order valence-electron chi connectivity index (χ1n) is 5.00. The maximum atomic E-state index is 8.64. The molecule has 0 saturated heterocycles. The third kappa shape index (κ3) is 2.28. The van der Waals surface area contributed by atoms with E-state index in [-0.39, 0.29) is 6.42 Å². The second-order valence-corrected chi connectivity index (χ2v) is 4.38. The van der Waals surface area contributed by atoms with Gasteiger partial charge in [-0.2, -0.15) is 10.4 Å². The summed E-state index contributed by atoms with van der Waals surface area (Å²) in [5.74, 6) is 0. The lowest BCUT2D eigenvalue weighted by Crippen LogP contribution is -2.00. The Labute approximate surface area is 109 Å². The van der Waals surface area contributed by atoms with Gasteiger partial charge in [-0.3, -0.25) is 0 Å². The van der Waals surface area contributed by atoms with Gasteiger partial charge in [0.1, 0.15) is 0 Å². The number of nitriles is 1. The first-order valence-corrected chi connectivity index (χ1v) is 5.76. The van der Waals surface area contributed by atoms with Gasteiger partial charge in [0.05, 0.1) is 33.9 Å². The molecule has 0 atom stereocenters. The summed E-state index contributed by atoms with van der Waals surface area (Å²) in [6.45, 7) is 1.91. The van der Waals surface area contributed by atoms with Crippen LogP contribution in [0.2, 0.25) is 10.0 Å². The lowest BCUT2D eigenvalue weighted by Gasteiger charge is -2.07. The van der Waals surface area contributed by atoms with Gasteiger partial charge in [-0.05, 0) is 25.1 Å². The summed E-state index contributed by atoms with van der Waals surface area (Å²) in [5.41, 5.74) is 2.36. The highest BCUT2D eigenvalue weighted by atomic mass is 35.5. The van der Waals surface area contributed by atoms with Gasteiger partial charge in [-0.25, -0.2) is 4.68 Å². The first-order chi connectivity index (χ1) is 8.13. The van der Waals surface area contributed by atoms with Crippen LogP contribution in [0.15, 0.2) is 24.3 Å². The predicted molar refractivity (Wildman–Crippen MR) is 67.6 cm³/mol. The Hall–Kier alpha value is -1.50. The maximum absolute atomic E-state index is 8.64. The van der Waals surface area contributed by atoms with Crippen molar-refractivity contribution in [2.24, 2.45) is 0 Å². The molecule has 0 N–H and O–H groups in total. The van der Waals surface area contributed by atoms with E-state index < -0.39 is 0 Å². The Kier molecular flexibility index (Phi) is 3.37. The Balaban J connectivity index is 2.53. The van der Waals surface area contributed by atoms with Gasteiger partial charge in [0.25, 0.3) is 0 Å². The van der Waals surface area contributed by atoms with E-state index in [0.29, 0.717) is 10.0 Å². The standard InChI is InChI=1S/C12H9Cl2N3/c1-8-7-9(5-6-15)16-17(8)11-4-2-3-10(13)12(11)14/h2-4,7H,5H2,1H3. The van der Waals surface area contributed by atoms with E-state index in [0.717, 1.165) is 17.1 Å². The van der Waals surface area contributed by atoms with Crippen LogP contribution in [0.25, 0.3) is 5.69 Å². The lowest BCUT2D eigenvalue weighted by atomic mass is 10.3. The van der Waals surface area contributed by atoms with E-state index in [9.17, 15) is 0 Å². The smallest absolute Gasteiger partial charge is 0.0850 e. The van der Waals surface area contributed by atoms with Crippen molar-refractivity contribution in [3.63, 3.8) is 0 Å². The van der Waals surface area contributed by atoms with Crippen LogP contribution < -0.4 is 0 Å². The van der Waals surface area contributed by atoms with Crippen LogP contribution in [-0.2, 0) is 6.42 Å². The number of rotatable bonds is 2. The summed E-state index contributed by atoms with van der Waals surface area (Å²) in [6.07, 6.45) is 0.284. The molecule has 1 aromatic heterocycles. The van der Waals surface area contributed by atoms with Crippen LogP contribution in [0, 0.1) is 18.3 Å². The molecule has 5 heteroatoms. The minimum atomic E-state index is 0.284. The fraction of sp³-hybridized carbons (Fsp3) is 0.167. The van der Waals surface area contributed by atoms with Crippen molar-refractivity contribution in [3.05, 3.63) is 45.7 Å². The lowest BCUT2D eigenvalue weighted by molar-refractivity contribution is 0.827. The highest BCUT2D eigenvalue weighted by molar-refractivity contribution is 6.43. The van der Waals surface area contributed by atoms with Crippen molar-refractivity contribution in [2.75, 3.05) is 0 Å². The van der Waals surface area contributed by atoms with Gasteiger partial charge >= 0.3 is 0 Å². The van der Waals surface area contributed by atoms with Crippen molar-refractivity contribution < 1.29 is 0 Å². The number of halogens is 2. The average molecular weight is 266 g/mol.